The van der Waals surface area contributed by atoms with Crippen LogP contribution in [0.3, 0.4) is 0 Å². The molecule has 1 heterocycles. The molecular formula is C22H25N5O4S. The fourth-order valence-corrected chi connectivity index (χ4v) is 4.17. The molecule has 2 aromatic carbocycles. The van der Waals surface area contributed by atoms with E-state index in [4.69, 9.17) is 0 Å². The van der Waals surface area contributed by atoms with Gasteiger partial charge in [0.2, 0.25) is 21.8 Å². The number of nitrogens with zero attached hydrogens (tertiary/aromatic N) is 2. The molecule has 0 fully saturated rings. The summed E-state index contributed by atoms with van der Waals surface area (Å²) in [4.78, 5) is 23.4. The van der Waals surface area contributed by atoms with Crippen molar-refractivity contribution in [2.45, 2.75) is 31.2 Å². The predicted octanol–water partition coefficient (Wildman–Crippen LogP) is 1.86. The summed E-state index contributed by atoms with van der Waals surface area (Å²) in [6.07, 6.45) is 4.18. The molecule has 0 aliphatic heterocycles. The molecule has 1 atom stereocenters. The first-order valence-corrected chi connectivity index (χ1v) is 11.5. The van der Waals surface area contributed by atoms with E-state index in [1.165, 1.54) is 38.1 Å². The number of hydrogen-bond acceptors (Lipinski definition) is 5. The number of carbonyl (C=O) groups excluding carboxylic acids is 2. The number of aromatic nitrogens is 2. The van der Waals surface area contributed by atoms with Gasteiger partial charge in [0.1, 0.15) is 0 Å². The molecule has 0 unspecified atom stereocenters. The average molecular weight is 456 g/mol. The topological polar surface area (TPSA) is 122 Å². The van der Waals surface area contributed by atoms with Crippen molar-refractivity contribution in [2.75, 3.05) is 11.9 Å². The second-order valence-electron chi connectivity index (χ2n) is 7.22. The lowest BCUT2D eigenvalue weighted by Crippen LogP contribution is -2.45. The normalized spacial score (nSPS) is 12.2. The molecule has 32 heavy (non-hydrogen) atoms. The van der Waals surface area contributed by atoms with Crippen molar-refractivity contribution in [3.8, 4) is 5.69 Å². The summed E-state index contributed by atoms with van der Waals surface area (Å²) in [5.74, 6) is -0.685. The molecule has 168 valence electrons. The molecule has 9 nitrogen and oxygen atoms in total. The number of nitrogens with one attached hydrogen (secondary N) is 3. The SMILES string of the molecule is CC(=O)Nc1ccc(S(=O)(=O)N[C@@H](C)C(=O)NCCc2cnn(-c3ccccc3)c2)cc1. The van der Waals surface area contributed by atoms with Crippen LogP contribution in [0, 0.1) is 0 Å². The van der Waals surface area contributed by atoms with Crippen LogP contribution in [0.15, 0.2) is 71.9 Å². The van der Waals surface area contributed by atoms with Crippen LogP contribution in [-0.4, -0.2) is 42.6 Å². The van der Waals surface area contributed by atoms with Gasteiger partial charge >= 0.3 is 0 Å². The van der Waals surface area contributed by atoms with Crippen molar-refractivity contribution in [3.05, 3.63) is 72.6 Å². The zero-order valence-electron chi connectivity index (χ0n) is 17.8. The monoisotopic (exact) mass is 455 g/mol. The molecule has 10 heteroatoms. The Labute approximate surface area is 186 Å². The molecular weight excluding hydrogens is 430 g/mol. The van der Waals surface area contributed by atoms with Gasteiger partial charge in [-0.15, -0.1) is 0 Å². The van der Waals surface area contributed by atoms with Crippen LogP contribution in [0.2, 0.25) is 0 Å². The van der Waals surface area contributed by atoms with E-state index in [9.17, 15) is 18.0 Å². The van der Waals surface area contributed by atoms with E-state index >= 15 is 0 Å². The summed E-state index contributed by atoms with van der Waals surface area (Å²) in [5, 5.41) is 9.61. The fourth-order valence-electron chi connectivity index (χ4n) is 2.97. The van der Waals surface area contributed by atoms with Crippen LogP contribution in [0.5, 0.6) is 0 Å². The summed E-state index contributed by atoms with van der Waals surface area (Å²) in [6, 6.07) is 14.4. The third-order valence-electron chi connectivity index (χ3n) is 4.58. The Kier molecular flexibility index (Phi) is 7.39. The lowest BCUT2D eigenvalue weighted by Gasteiger charge is -2.14. The van der Waals surface area contributed by atoms with E-state index in [1.807, 2.05) is 36.5 Å². The summed E-state index contributed by atoms with van der Waals surface area (Å²) in [7, 11) is -3.89. The molecule has 0 radical (unpaired) electrons. The maximum atomic E-state index is 12.5. The Bertz CT molecular complexity index is 1170. The summed E-state index contributed by atoms with van der Waals surface area (Å²) in [6.45, 7) is 3.19. The van der Waals surface area contributed by atoms with Crippen LogP contribution in [0.25, 0.3) is 5.69 Å². The van der Waals surface area contributed by atoms with Crippen molar-refractivity contribution in [3.63, 3.8) is 0 Å². The van der Waals surface area contributed by atoms with Crippen LogP contribution >= 0.6 is 0 Å². The minimum atomic E-state index is -3.89. The second kappa shape index (κ2) is 10.2. The number of sulfonamides is 1. The zero-order valence-corrected chi connectivity index (χ0v) is 18.6. The van der Waals surface area contributed by atoms with Gasteiger partial charge in [-0.3, -0.25) is 9.59 Å². The minimum absolute atomic E-state index is 0.000391. The number of para-hydroxylation sites is 1. The number of rotatable bonds is 9. The highest BCUT2D eigenvalue weighted by atomic mass is 32.2. The first-order valence-electron chi connectivity index (χ1n) is 10.0. The van der Waals surface area contributed by atoms with Crippen molar-refractivity contribution in [1.82, 2.24) is 19.8 Å². The molecule has 0 bridgehead atoms. The molecule has 3 rings (SSSR count). The smallest absolute Gasteiger partial charge is 0.241 e. The van der Waals surface area contributed by atoms with Gasteiger partial charge in [0.25, 0.3) is 0 Å². The van der Waals surface area contributed by atoms with Crippen LogP contribution in [0.1, 0.15) is 19.4 Å². The van der Waals surface area contributed by atoms with Gasteiger partial charge in [-0.25, -0.2) is 13.1 Å². The highest BCUT2D eigenvalue weighted by molar-refractivity contribution is 7.89. The van der Waals surface area contributed by atoms with Gasteiger partial charge in [0.05, 0.1) is 22.8 Å². The lowest BCUT2D eigenvalue weighted by molar-refractivity contribution is -0.122. The second-order valence-corrected chi connectivity index (χ2v) is 8.93. The molecule has 0 aliphatic carbocycles. The first kappa shape index (κ1) is 23.2. The summed E-state index contributed by atoms with van der Waals surface area (Å²) in [5.41, 5.74) is 2.37. The van der Waals surface area contributed by atoms with E-state index < -0.39 is 22.0 Å². The maximum Gasteiger partial charge on any atom is 0.241 e. The van der Waals surface area contributed by atoms with E-state index in [2.05, 4.69) is 20.5 Å². The van der Waals surface area contributed by atoms with Crippen molar-refractivity contribution >= 4 is 27.5 Å². The number of hydrogen-bond donors (Lipinski definition) is 3. The van der Waals surface area contributed by atoms with Crippen molar-refractivity contribution in [1.29, 1.82) is 0 Å². The molecule has 1 aromatic heterocycles. The standard InChI is InChI=1S/C22H25N5O4S/c1-16(26-32(30,31)21-10-8-19(9-11-21)25-17(2)28)22(29)23-13-12-18-14-24-27(15-18)20-6-4-3-5-7-20/h3-11,14-16,26H,12-13H2,1-2H3,(H,23,29)(H,25,28)/t16-/m0/s1. The highest BCUT2D eigenvalue weighted by Crippen LogP contribution is 2.14. The van der Waals surface area contributed by atoms with E-state index in [0.717, 1.165) is 11.3 Å². The Morgan fingerprint density at radius 2 is 1.75 bits per heavy atom. The average Bonchev–Trinajstić information content (AvgIpc) is 3.23. The summed E-state index contributed by atoms with van der Waals surface area (Å²) < 4.78 is 29.2. The third kappa shape index (κ3) is 6.25. The highest BCUT2D eigenvalue weighted by Gasteiger charge is 2.22. The van der Waals surface area contributed by atoms with Crippen LogP contribution in [-0.2, 0) is 26.0 Å². The van der Waals surface area contributed by atoms with Crippen molar-refractivity contribution < 1.29 is 18.0 Å². The molecule has 3 aromatic rings. The van der Waals surface area contributed by atoms with E-state index in [-0.39, 0.29) is 10.8 Å². The van der Waals surface area contributed by atoms with Gasteiger partial charge < -0.3 is 10.6 Å². The lowest BCUT2D eigenvalue weighted by atomic mass is 10.2. The van der Waals surface area contributed by atoms with Gasteiger partial charge in [0, 0.05) is 25.4 Å². The van der Waals surface area contributed by atoms with Gasteiger partial charge in [0.15, 0.2) is 0 Å². The van der Waals surface area contributed by atoms with E-state index in [0.29, 0.717) is 18.7 Å². The predicted molar refractivity (Wildman–Crippen MR) is 121 cm³/mol. The maximum absolute atomic E-state index is 12.5. The number of amides is 2. The van der Waals surface area contributed by atoms with Gasteiger partial charge in [-0.2, -0.15) is 9.82 Å². The molecule has 0 saturated carbocycles. The Morgan fingerprint density at radius 1 is 1.06 bits per heavy atom. The Balaban J connectivity index is 1.50. The van der Waals surface area contributed by atoms with Crippen molar-refractivity contribution in [2.24, 2.45) is 0 Å². The molecule has 0 spiro atoms. The van der Waals surface area contributed by atoms with Crippen LogP contribution in [0.4, 0.5) is 5.69 Å². The van der Waals surface area contributed by atoms with Crippen LogP contribution < -0.4 is 15.4 Å². The molecule has 3 N–H and O–H groups in total. The molecule has 2 amide bonds. The fraction of sp³-hybridized carbons (Fsp3) is 0.227. The van der Waals surface area contributed by atoms with Gasteiger partial charge in [-0.1, -0.05) is 18.2 Å². The van der Waals surface area contributed by atoms with Gasteiger partial charge in [-0.05, 0) is 55.3 Å². The zero-order chi connectivity index (χ0) is 23.1. The third-order valence-corrected chi connectivity index (χ3v) is 6.14. The number of carbonyl (C=O) groups is 2. The minimum Gasteiger partial charge on any atom is -0.354 e. The Morgan fingerprint density at radius 3 is 2.41 bits per heavy atom. The molecule has 0 aliphatic rings. The first-order chi connectivity index (χ1) is 15.2. The van der Waals surface area contributed by atoms with E-state index in [1.54, 1.807) is 10.9 Å². The summed E-state index contributed by atoms with van der Waals surface area (Å²) >= 11 is 0. The quantitative estimate of drug-likeness (QED) is 0.455. The number of anilines is 1. The number of benzene rings is 2. The Hall–Kier alpha value is -3.50. The molecule has 0 saturated heterocycles. The largest absolute Gasteiger partial charge is 0.354 e.